The van der Waals surface area contributed by atoms with Crippen molar-refractivity contribution < 1.29 is 54.3 Å². The number of Topliss-reactive ketones (excluding diaryl/α,β-unsaturated/α-hetero) is 1. The summed E-state index contributed by atoms with van der Waals surface area (Å²) in [6, 6.07) is 2.87. The molecular weight excluding hydrogens is 582 g/mol. The number of hydrogen-bond donors (Lipinski definition) is 5. The summed E-state index contributed by atoms with van der Waals surface area (Å²) >= 11 is 0. The first-order valence-corrected chi connectivity index (χ1v) is 14.0. The third kappa shape index (κ3) is 7.64. The number of rotatable bonds is 6. The van der Waals surface area contributed by atoms with Gasteiger partial charge >= 0.3 is 0 Å². The molecule has 0 saturated heterocycles. The van der Waals surface area contributed by atoms with E-state index in [0.717, 1.165) is 30.7 Å². The minimum atomic E-state index is -4.08. The Bertz CT molecular complexity index is 1270. The van der Waals surface area contributed by atoms with Crippen LogP contribution in [0, 0.1) is 51.7 Å². The first-order chi connectivity index (χ1) is 18.8. The highest BCUT2D eigenvalue weighted by atomic mass is 32.2. The van der Waals surface area contributed by atoms with Crippen LogP contribution in [0.5, 0.6) is 0 Å². The van der Waals surface area contributed by atoms with Crippen LogP contribution < -0.4 is 11.5 Å². The number of fused-ring (bicyclic) bond motifs is 2. The summed E-state index contributed by atoms with van der Waals surface area (Å²) in [4.78, 5) is 11.9. The smallest absolute Gasteiger partial charge is 0.265 e. The maximum atomic E-state index is 12.6. The molecule has 0 aliphatic heterocycles. The van der Waals surface area contributed by atoms with Crippen LogP contribution in [-0.4, -0.2) is 47.8 Å². The molecule has 2 saturated carbocycles. The van der Waals surface area contributed by atoms with Gasteiger partial charge in [-0.2, -0.15) is 8.42 Å². The molecule has 7 N–H and O–H groups in total. The molecule has 4 atom stereocenters. The van der Waals surface area contributed by atoms with E-state index in [1.165, 1.54) is 0 Å². The van der Waals surface area contributed by atoms with Crippen molar-refractivity contribution >= 4 is 15.9 Å². The molecule has 2 bridgehead atoms. The molecule has 0 aromatic heterocycles. The van der Waals surface area contributed by atoms with Gasteiger partial charge in [-0.15, -0.1) is 0 Å². The summed E-state index contributed by atoms with van der Waals surface area (Å²) < 4.78 is 106. The number of aliphatic hydroxyl groups is 2. The van der Waals surface area contributed by atoms with Gasteiger partial charge in [0.1, 0.15) is 5.78 Å². The predicted octanol–water partition coefficient (Wildman–Crippen LogP) is 3.46. The van der Waals surface area contributed by atoms with E-state index in [9.17, 15) is 39.6 Å². The molecule has 0 heterocycles. The van der Waals surface area contributed by atoms with Crippen molar-refractivity contribution in [2.75, 3.05) is 18.8 Å². The molecule has 0 amide bonds. The first-order valence-electron chi connectivity index (χ1n) is 12.3. The lowest BCUT2D eigenvalue weighted by atomic mass is 9.70. The average molecular weight is 615 g/mol. The number of carbonyl (C=O) groups is 1. The summed E-state index contributed by atoms with van der Waals surface area (Å²) in [7, 11) is -4.08. The van der Waals surface area contributed by atoms with E-state index in [1.807, 2.05) is 13.8 Å². The zero-order valence-corrected chi connectivity index (χ0v) is 23.0. The standard InChI is InChI=1S/C10H16O4S.2C8H8F3NO/c1-9(2)7-3-4-10(9,8(11)5-7)6-15(12,13)14;2*9-5-1-4(7(13)3-12)2-6(10)8(5)11/h7H,3-6H2,1-2H3,(H,12,13,14);2*1-2,7,13H,3,12H2/t7-,10-;;/m0../s1. The van der Waals surface area contributed by atoms with Crippen LogP contribution in [0.2, 0.25) is 0 Å². The van der Waals surface area contributed by atoms with Gasteiger partial charge in [-0.25, -0.2) is 26.3 Å². The molecule has 2 aromatic rings. The van der Waals surface area contributed by atoms with Gasteiger partial charge in [0.15, 0.2) is 34.9 Å². The normalized spacial score (nSPS) is 22.4. The zero-order chi connectivity index (χ0) is 31.5. The molecule has 0 spiro atoms. The predicted molar refractivity (Wildman–Crippen MR) is 136 cm³/mol. The van der Waals surface area contributed by atoms with Crippen LogP contribution in [0.15, 0.2) is 24.3 Å². The van der Waals surface area contributed by atoms with Crippen molar-refractivity contribution in [3.8, 4) is 0 Å². The van der Waals surface area contributed by atoms with Gasteiger partial charge in [0, 0.05) is 19.5 Å². The first kappa shape index (κ1) is 34.6. The molecule has 230 valence electrons. The Morgan fingerprint density at radius 1 is 0.854 bits per heavy atom. The number of hydrogen-bond acceptors (Lipinski definition) is 7. The van der Waals surface area contributed by atoms with Gasteiger partial charge < -0.3 is 21.7 Å². The third-order valence-electron chi connectivity index (χ3n) is 7.80. The zero-order valence-electron chi connectivity index (χ0n) is 22.2. The number of aliphatic hydroxyl groups excluding tert-OH is 2. The second-order valence-electron chi connectivity index (χ2n) is 10.5. The fourth-order valence-corrected chi connectivity index (χ4v) is 6.53. The molecule has 41 heavy (non-hydrogen) atoms. The summed E-state index contributed by atoms with van der Waals surface area (Å²) in [5, 5.41) is 18.2. The van der Waals surface area contributed by atoms with Gasteiger partial charge in [0.2, 0.25) is 0 Å². The fraction of sp³-hybridized carbons (Fsp3) is 0.500. The minimum absolute atomic E-state index is 0.0152. The van der Waals surface area contributed by atoms with E-state index in [-0.39, 0.29) is 41.3 Å². The molecule has 4 rings (SSSR count). The van der Waals surface area contributed by atoms with Gasteiger partial charge in [-0.3, -0.25) is 9.35 Å². The van der Waals surface area contributed by atoms with Crippen LogP contribution in [0.3, 0.4) is 0 Å². The molecule has 8 nitrogen and oxygen atoms in total. The maximum absolute atomic E-state index is 12.6. The highest BCUT2D eigenvalue weighted by molar-refractivity contribution is 7.85. The van der Waals surface area contributed by atoms with E-state index in [4.69, 9.17) is 26.2 Å². The van der Waals surface area contributed by atoms with Crippen LogP contribution in [0.25, 0.3) is 0 Å². The highest BCUT2D eigenvalue weighted by Gasteiger charge is 2.65. The molecule has 2 aliphatic carbocycles. The summed E-state index contributed by atoms with van der Waals surface area (Å²) in [6.45, 7) is 3.54. The van der Waals surface area contributed by atoms with Crippen LogP contribution in [-0.2, 0) is 14.9 Å². The van der Waals surface area contributed by atoms with Crippen molar-refractivity contribution in [1.82, 2.24) is 0 Å². The quantitative estimate of drug-likeness (QED) is 0.188. The Morgan fingerprint density at radius 3 is 1.46 bits per heavy atom. The van der Waals surface area contributed by atoms with Crippen molar-refractivity contribution in [1.29, 1.82) is 0 Å². The van der Waals surface area contributed by atoms with E-state index in [2.05, 4.69) is 0 Å². The van der Waals surface area contributed by atoms with Gasteiger partial charge in [0.25, 0.3) is 10.1 Å². The molecule has 2 aliphatic rings. The summed E-state index contributed by atoms with van der Waals surface area (Å²) in [5.74, 6) is -8.52. The Labute approximate surface area is 233 Å². The molecule has 2 unspecified atom stereocenters. The fourth-order valence-electron chi connectivity index (χ4n) is 5.23. The number of halogens is 6. The van der Waals surface area contributed by atoms with Crippen molar-refractivity contribution in [3.05, 3.63) is 70.3 Å². The van der Waals surface area contributed by atoms with Crippen LogP contribution in [0.4, 0.5) is 26.3 Å². The van der Waals surface area contributed by atoms with Crippen LogP contribution in [0.1, 0.15) is 56.4 Å². The van der Waals surface area contributed by atoms with Crippen LogP contribution >= 0.6 is 0 Å². The Kier molecular flexibility index (Phi) is 11.1. The van der Waals surface area contributed by atoms with Crippen molar-refractivity contribution in [2.45, 2.75) is 45.3 Å². The van der Waals surface area contributed by atoms with Crippen molar-refractivity contribution in [3.63, 3.8) is 0 Å². The Hall–Kier alpha value is -2.56. The second-order valence-corrected chi connectivity index (χ2v) is 11.9. The van der Waals surface area contributed by atoms with E-state index >= 15 is 0 Å². The number of benzene rings is 2. The lowest BCUT2D eigenvalue weighted by Crippen LogP contribution is -2.42. The number of nitrogens with two attached hydrogens (primary N) is 2. The van der Waals surface area contributed by atoms with Gasteiger partial charge in [-0.1, -0.05) is 13.8 Å². The van der Waals surface area contributed by atoms with Gasteiger partial charge in [-0.05, 0) is 59.6 Å². The second kappa shape index (κ2) is 13.2. The maximum Gasteiger partial charge on any atom is 0.265 e. The SMILES string of the molecule is CC1(C)[C@H]2CC[C@]1(CS(=O)(=O)O)C(=O)C2.NCC(O)c1cc(F)c(F)c(F)c1.NCC(O)c1cc(F)c(F)c(F)c1. The number of ketones is 1. The molecule has 0 radical (unpaired) electrons. The highest BCUT2D eigenvalue weighted by Crippen LogP contribution is 2.64. The van der Waals surface area contributed by atoms with Crippen molar-refractivity contribution in [2.24, 2.45) is 28.2 Å². The Morgan fingerprint density at radius 2 is 1.22 bits per heavy atom. The molecule has 15 heteroatoms. The van der Waals surface area contributed by atoms with E-state index in [0.29, 0.717) is 12.8 Å². The third-order valence-corrected chi connectivity index (χ3v) is 8.65. The Balaban J connectivity index is 0.000000216. The largest absolute Gasteiger partial charge is 0.387 e. The lowest BCUT2D eigenvalue weighted by molar-refractivity contribution is -0.128. The molecular formula is C26H32F6N2O6S. The minimum Gasteiger partial charge on any atom is -0.387 e. The average Bonchev–Trinajstić information content (AvgIpc) is 3.23. The summed E-state index contributed by atoms with van der Waals surface area (Å²) in [5.41, 5.74) is 8.85. The van der Waals surface area contributed by atoms with E-state index in [1.54, 1.807) is 0 Å². The lowest BCUT2D eigenvalue weighted by Gasteiger charge is -2.35. The molecule has 2 aromatic carbocycles. The summed E-state index contributed by atoms with van der Waals surface area (Å²) in [6.07, 6.45) is -0.380. The van der Waals surface area contributed by atoms with Gasteiger partial charge in [0.05, 0.1) is 23.4 Å². The monoisotopic (exact) mass is 614 g/mol. The van der Waals surface area contributed by atoms with E-state index < -0.39 is 68.4 Å². The molecule has 2 fully saturated rings. The number of carbonyl (C=O) groups excluding carboxylic acids is 1. The topological polar surface area (TPSA) is 164 Å².